The van der Waals surface area contributed by atoms with Crippen LogP contribution in [-0.2, 0) is 27.1 Å². The third-order valence-electron chi connectivity index (χ3n) is 5.81. The maximum Gasteiger partial charge on any atom is 0.246 e. The lowest BCUT2D eigenvalue weighted by atomic mass is 10.1. The highest BCUT2D eigenvalue weighted by molar-refractivity contribution is 7.91. The summed E-state index contributed by atoms with van der Waals surface area (Å²) in [4.78, 5) is 26.7. The molecule has 0 bridgehead atoms. The van der Waals surface area contributed by atoms with Crippen molar-refractivity contribution in [3.8, 4) is 0 Å². The van der Waals surface area contributed by atoms with Crippen molar-refractivity contribution in [3.05, 3.63) is 36.0 Å². The minimum absolute atomic E-state index is 0.0269. The Morgan fingerprint density at radius 2 is 1.93 bits per heavy atom. The van der Waals surface area contributed by atoms with E-state index >= 15 is 0 Å². The van der Waals surface area contributed by atoms with Gasteiger partial charge in [-0.15, -0.1) is 0 Å². The highest BCUT2D eigenvalue weighted by Crippen LogP contribution is 2.33. The lowest BCUT2D eigenvalue weighted by Crippen LogP contribution is -2.51. The predicted molar refractivity (Wildman–Crippen MR) is 115 cm³/mol. The fourth-order valence-electron chi connectivity index (χ4n) is 4.18. The van der Waals surface area contributed by atoms with Gasteiger partial charge in [-0.2, -0.15) is 4.98 Å². The van der Waals surface area contributed by atoms with Crippen LogP contribution >= 0.6 is 0 Å². The van der Waals surface area contributed by atoms with Gasteiger partial charge in [0.25, 0.3) is 0 Å². The van der Waals surface area contributed by atoms with E-state index in [2.05, 4.69) is 5.32 Å². The first-order valence-corrected chi connectivity index (χ1v) is 11.7. The molecule has 3 aliphatic heterocycles. The Kier molecular flexibility index (Phi) is 5.49. The summed E-state index contributed by atoms with van der Waals surface area (Å²) in [6.45, 7) is 2.90. The first-order valence-electron chi connectivity index (χ1n) is 10.4. The molecule has 1 N–H and O–H groups in total. The van der Waals surface area contributed by atoms with Crippen LogP contribution in [0.4, 0.5) is 17.5 Å². The van der Waals surface area contributed by atoms with Crippen molar-refractivity contribution in [2.45, 2.75) is 30.2 Å². The molecular formula is C21H25N5O3S. The molecule has 1 amide bonds. The van der Waals surface area contributed by atoms with Crippen LogP contribution in [0.5, 0.6) is 0 Å². The quantitative estimate of drug-likeness (QED) is 0.741. The number of benzene rings is 1. The van der Waals surface area contributed by atoms with Crippen LogP contribution in [0.15, 0.2) is 35.2 Å². The minimum Gasteiger partial charge on any atom is -0.611 e. The van der Waals surface area contributed by atoms with E-state index in [0.717, 1.165) is 42.3 Å². The number of piperazine rings is 1. The number of amides is 1. The fourth-order valence-corrected chi connectivity index (χ4v) is 5.50. The Balaban J connectivity index is 1.38. The molecule has 0 aliphatic carbocycles. The van der Waals surface area contributed by atoms with E-state index in [9.17, 15) is 9.35 Å². The van der Waals surface area contributed by atoms with Crippen molar-refractivity contribution in [2.75, 3.05) is 53.7 Å². The number of hydrogen-bond acceptors (Lipinski definition) is 7. The number of hydrogen-bond donors (Lipinski definition) is 1. The van der Waals surface area contributed by atoms with E-state index in [1.165, 1.54) is 0 Å². The van der Waals surface area contributed by atoms with E-state index in [-0.39, 0.29) is 18.5 Å². The van der Waals surface area contributed by atoms with Crippen LogP contribution in [0.2, 0.25) is 0 Å². The van der Waals surface area contributed by atoms with E-state index in [1.54, 1.807) is 4.90 Å². The van der Waals surface area contributed by atoms with Crippen LogP contribution < -0.4 is 15.1 Å². The van der Waals surface area contributed by atoms with Gasteiger partial charge in [0.05, 0.1) is 0 Å². The van der Waals surface area contributed by atoms with Crippen molar-refractivity contribution in [1.82, 2.24) is 9.97 Å². The smallest absolute Gasteiger partial charge is 0.246 e. The molecule has 1 aromatic heterocycles. The zero-order chi connectivity index (χ0) is 20.5. The molecule has 1 unspecified atom stereocenters. The van der Waals surface area contributed by atoms with Gasteiger partial charge < -0.3 is 24.4 Å². The lowest BCUT2D eigenvalue weighted by Gasteiger charge is -2.34. The zero-order valence-corrected chi connectivity index (χ0v) is 17.6. The van der Waals surface area contributed by atoms with Crippen LogP contribution in [0.1, 0.15) is 18.5 Å². The number of nitrogens with zero attached hydrogens (tertiary/aromatic N) is 4. The Labute approximate surface area is 178 Å². The summed E-state index contributed by atoms with van der Waals surface area (Å²) in [5.74, 6) is 1.81. The average molecular weight is 428 g/mol. The third-order valence-corrected chi connectivity index (χ3v) is 7.27. The molecule has 9 heteroatoms. The van der Waals surface area contributed by atoms with Crippen LogP contribution in [0.25, 0.3) is 0 Å². The van der Waals surface area contributed by atoms with Crippen molar-refractivity contribution >= 4 is 34.5 Å². The van der Waals surface area contributed by atoms with E-state index in [0.29, 0.717) is 37.0 Å². The Morgan fingerprint density at radius 1 is 1.13 bits per heavy atom. The number of rotatable bonds is 4. The van der Waals surface area contributed by atoms with E-state index in [4.69, 9.17) is 14.7 Å². The molecular weight excluding hydrogens is 402 g/mol. The highest BCUT2D eigenvalue weighted by Gasteiger charge is 2.35. The van der Waals surface area contributed by atoms with E-state index < -0.39 is 11.2 Å². The molecule has 2 saturated heterocycles. The first kappa shape index (κ1) is 19.6. The molecule has 2 aromatic rings. The standard InChI is InChI=1S/C21H25N5O3S/c27-18-14-25(9-10-26(18)16-4-2-1-3-5-16)21-23-17-8-13-30(28)19(17)20(24-21)22-15-6-11-29-12-7-15/h1-5,15H,6-14H2,(H,22,23,24). The minimum atomic E-state index is -1.08. The normalized spacial score (nSPS) is 22.3. The number of aryl methyl sites for hydroxylation is 1. The molecule has 1 aromatic carbocycles. The molecule has 0 spiro atoms. The summed E-state index contributed by atoms with van der Waals surface area (Å²) < 4.78 is 18.0. The predicted octanol–water partition coefficient (Wildman–Crippen LogP) is 1.58. The number of carbonyl (C=O) groups excluding carboxylic acids is 1. The summed E-state index contributed by atoms with van der Waals surface area (Å²) in [6, 6.07) is 9.97. The Hall–Kier alpha value is -2.36. The first-order chi connectivity index (χ1) is 14.7. The summed E-state index contributed by atoms with van der Waals surface area (Å²) in [7, 11) is 0. The summed E-state index contributed by atoms with van der Waals surface area (Å²) in [5.41, 5.74) is 1.75. The van der Waals surface area contributed by atoms with Gasteiger partial charge in [-0.1, -0.05) is 18.2 Å². The number of carbonyl (C=O) groups is 1. The number of ether oxygens (including phenoxy) is 1. The number of fused-ring (bicyclic) bond motifs is 1. The SMILES string of the molecule is O=C1CN(c2nc3c(c(NC4CCOCC4)n2)[S+]([O-])CC3)CCN1c1ccccc1. The zero-order valence-electron chi connectivity index (χ0n) is 16.7. The molecule has 0 radical (unpaired) electrons. The molecule has 1 atom stereocenters. The second-order valence-corrected chi connectivity index (χ2v) is 9.29. The summed E-state index contributed by atoms with van der Waals surface area (Å²) >= 11 is -1.08. The van der Waals surface area contributed by atoms with Gasteiger partial charge in [0.15, 0.2) is 5.82 Å². The molecule has 158 valence electrons. The van der Waals surface area contributed by atoms with Gasteiger partial charge in [-0.05, 0) is 36.2 Å². The topological polar surface area (TPSA) is 93.7 Å². The van der Waals surface area contributed by atoms with Crippen LogP contribution in [0, 0.1) is 0 Å². The second kappa shape index (κ2) is 8.41. The number of anilines is 3. The maximum absolute atomic E-state index is 12.8. The monoisotopic (exact) mass is 427 g/mol. The molecule has 0 saturated carbocycles. The number of aromatic nitrogens is 2. The van der Waals surface area contributed by atoms with Gasteiger partial charge in [0, 0.05) is 44.5 Å². The molecule has 3 aliphatic rings. The third kappa shape index (κ3) is 3.84. The number of para-hydroxylation sites is 1. The van der Waals surface area contributed by atoms with Gasteiger partial charge >= 0.3 is 0 Å². The molecule has 2 fully saturated rings. The van der Waals surface area contributed by atoms with Crippen molar-refractivity contribution < 1.29 is 14.1 Å². The molecule has 8 nitrogen and oxygen atoms in total. The fraction of sp³-hybridized carbons (Fsp3) is 0.476. The number of nitrogens with one attached hydrogen (secondary N) is 1. The van der Waals surface area contributed by atoms with Crippen molar-refractivity contribution in [2.24, 2.45) is 0 Å². The Morgan fingerprint density at radius 3 is 2.70 bits per heavy atom. The maximum atomic E-state index is 12.8. The van der Waals surface area contributed by atoms with Crippen molar-refractivity contribution in [1.29, 1.82) is 0 Å². The van der Waals surface area contributed by atoms with Crippen molar-refractivity contribution in [3.63, 3.8) is 0 Å². The van der Waals surface area contributed by atoms with Gasteiger partial charge in [-0.25, -0.2) is 4.98 Å². The van der Waals surface area contributed by atoms with Gasteiger partial charge in [0.1, 0.15) is 18.0 Å². The average Bonchev–Trinajstić information content (AvgIpc) is 3.16. The molecule has 4 heterocycles. The molecule has 30 heavy (non-hydrogen) atoms. The van der Waals surface area contributed by atoms with Crippen LogP contribution in [0.3, 0.4) is 0 Å². The van der Waals surface area contributed by atoms with E-state index in [1.807, 2.05) is 35.2 Å². The summed E-state index contributed by atoms with van der Waals surface area (Å²) in [6.07, 6.45) is 2.47. The largest absolute Gasteiger partial charge is 0.611 e. The second-order valence-electron chi connectivity index (χ2n) is 7.78. The molecule has 5 rings (SSSR count). The van der Waals surface area contributed by atoms with Gasteiger partial charge in [-0.3, -0.25) is 4.79 Å². The Bertz CT molecular complexity index is 922. The lowest BCUT2D eigenvalue weighted by molar-refractivity contribution is -0.117. The highest BCUT2D eigenvalue weighted by atomic mass is 32.2. The van der Waals surface area contributed by atoms with Gasteiger partial charge in [0.2, 0.25) is 16.8 Å². The summed E-state index contributed by atoms with van der Waals surface area (Å²) in [5, 5.41) is 3.49. The van der Waals surface area contributed by atoms with Crippen LogP contribution in [-0.4, -0.2) is 65.1 Å².